The van der Waals surface area contributed by atoms with Crippen LogP contribution in [-0.4, -0.2) is 16.7 Å². The highest BCUT2D eigenvalue weighted by Crippen LogP contribution is 2.15. The zero-order chi connectivity index (χ0) is 21.1. The molecule has 3 rings (SSSR count). The summed E-state index contributed by atoms with van der Waals surface area (Å²) in [7, 11) is 0. The number of Topliss-reactive ketones (excluding diaryl/α,β-unsaturated/α-hetero) is 2. The molecule has 0 amide bonds. The van der Waals surface area contributed by atoms with Crippen molar-refractivity contribution in [2.24, 2.45) is 0 Å². The Hall–Kier alpha value is -3.40. The Morgan fingerprint density at radius 1 is 0.733 bits per heavy atom. The minimum atomic E-state index is 0. The molecule has 0 saturated heterocycles. The maximum Gasteiger partial charge on any atom is 0.162 e. The van der Waals surface area contributed by atoms with Crippen LogP contribution in [0.2, 0.25) is 0 Å². The third-order valence-electron chi connectivity index (χ3n) is 4.26. The first-order chi connectivity index (χ1) is 14.0. The number of ketones is 2. The maximum atomic E-state index is 11.5. The first kappa shape index (κ1) is 24.6. The number of phenolic OH excluding ortho intramolecular Hbond substituents is 1. The van der Waals surface area contributed by atoms with Gasteiger partial charge in [0.05, 0.1) is 0 Å². The molecule has 0 spiro atoms. The van der Waals surface area contributed by atoms with Crippen molar-refractivity contribution in [1.29, 1.82) is 0 Å². The molecule has 1 N–H and O–H groups in total. The Kier molecular flexibility index (Phi) is 10.6. The van der Waals surface area contributed by atoms with Gasteiger partial charge >= 0.3 is 0 Å². The summed E-state index contributed by atoms with van der Waals surface area (Å²) in [6.07, 6.45) is 1.04. The smallest absolute Gasteiger partial charge is 0.162 e. The highest BCUT2D eigenvalue weighted by atomic mass is 16.5. The van der Waals surface area contributed by atoms with Crippen LogP contribution in [0.1, 0.15) is 60.4 Å². The van der Waals surface area contributed by atoms with Crippen LogP contribution < -0.4 is 4.74 Å². The molecule has 0 bridgehead atoms. The molecule has 3 aromatic rings. The van der Waals surface area contributed by atoms with E-state index in [1.165, 1.54) is 12.1 Å². The lowest BCUT2D eigenvalue weighted by Crippen LogP contribution is -1.98. The number of hydrogen-bond acceptors (Lipinski definition) is 4. The van der Waals surface area contributed by atoms with Crippen LogP contribution in [0.4, 0.5) is 0 Å². The minimum absolute atomic E-state index is 0. The molecular formula is C26H30O4. The molecule has 4 nitrogen and oxygen atoms in total. The Balaban J connectivity index is 0.000000324. The van der Waals surface area contributed by atoms with Gasteiger partial charge in [-0.2, -0.15) is 0 Å². The number of carbonyl (C=O) groups is 2. The van der Waals surface area contributed by atoms with Crippen molar-refractivity contribution >= 4 is 11.6 Å². The van der Waals surface area contributed by atoms with Gasteiger partial charge in [-0.3, -0.25) is 9.59 Å². The van der Waals surface area contributed by atoms with Gasteiger partial charge in [0.2, 0.25) is 0 Å². The van der Waals surface area contributed by atoms with Crippen LogP contribution >= 0.6 is 0 Å². The van der Waals surface area contributed by atoms with E-state index in [4.69, 9.17) is 9.84 Å². The number of benzene rings is 3. The molecule has 0 aromatic heterocycles. The molecule has 0 saturated carbocycles. The van der Waals surface area contributed by atoms with Crippen molar-refractivity contribution < 1.29 is 19.4 Å². The lowest BCUT2D eigenvalue weighted by molar-refractivity contribution is 0.0980. The van der Waals surface area contributed by atoms with Gasteiger partial charge in [0, 0.05) is 24.0 Å². The standard InChI is InChI=1S/C16H16O2.C9H10O2.CH4/c1-2-16(17)14-8-10-15(11-9-14)18-12-13-6-4-3-5-7-13;1-2-9(11)7-3-5-8(10)6-4-7;/h3-11H,2,12H2,1H3;3-6,10H,2H2,1H3;1H4. The Morgan fingerprint density at radius 2 is 1.20 bits per heavy atom. The van der Waals surface area contributed by atoms with Crippen LogP contribution in [0, 0.1) is 0 Å². The average Bonchev–Trinajstić information content (AvgIpc) is 2.78. The summed E-state index contributed by atoms with van der Waals surface area (Å²) in [6, 6.07) is 23.6. The lowest BCUT2D eigenvalue weighted by atomic mass is 10.1. The van der Waals surface area contributed by atoms with E-state index >= 15 is 0 Å². The number of aromatic hydroxyl groups is 1. The number of rotatable bonds is 7. The molecule has 30 heavy (non-hydrogen) atoms. The van der Waals surface area contributed by atoms with Gasteiger partial charge in [-0.1, -0.05) is 51.6 Å². The number of ether oxygens (including phenoxy) is 1. The second-order valence-corrected chi connectivity index (χ2v) is 6.40. The highest BCUT2D eigenvalue weighted by Gasteiger charge is 2.03. The van der Waals surface area contributed by atoms with Gasteiger partial charge in [0.25, 0.3) is 0 Å². The Morgan fingerprint density at radius 3 is 1.67 bits per heavy atom. The van der Waals surface area contributed by atoms with E-state index in [9.17, 15) is 9.59 Å². The second kappa shape index (κ2) is 12.9. The fraction of sp³-hybridized carbons (Fsp3) is 0.231. The molecular weight excluding hydrogens is 376 g/mol. The van der Waals surface area contributed by atoms with Crippen molar-refractivity contribution in [3.8, 4) is 11.5 Å². The average molecular weight is 407 g/mol. The van der Waals surface area contributed by atoms with Crippen LogP contribution in [0.15, 0.2) is 78.9 Å². The van der Waals surface area contributed by atoms with Gasteiger partial charge in [0.1, 0.15) is 18.1 Å². The molecule has 0 fully saturated rings. The SMILES string of the molecule is C.CCC(=O)c1ccc(O)cc1.CCC(=O)c1ccc(OCc2ccccc2)cc1. The summed E-state index contributed by atoms with van der Waals surface area (Å²) < 4.78 is 5.65. The van der Waals surface area contributed by atoms with Gasteiger partial charge < -0.3 is 9.84 Å². The predicted octanol–water partition coefficient (Wildman–Crippen LogP) is 6.48. The van der Waals surface area contributed by atoms with E-state index in [1.54, 1.807) is 12.1 Å². The predicted molar refractivity (Wildman–Crippen MR) is 121 cm³/mol. The molecule has 0 radical (unpaired) electrons. The minimum Gasteiger partial charge on any atom is -0.508 e. The van der Waals surface area contributed by atoms with Crippen LogP contribution in [0.25, 0.3) is 0 Å². The fourth-order valence-corrected chi connectivity index (χ4v) is 2.53. The molecule has 0 atom stereocenters. The summed E-state index contributed by atoms with van der Waals surface area (Å²) in [6.45, 7) is 4.22. The normalized spacial score (nSPS) is 9.53. The maximum absolute atomic E-state index is 11.5. The topological polar surface area (TPSA) is 63.6 Å². The zero-order valence-electron chi connectivity index (χ0n) is 16.8. The van der Waals surface area contributed by atoms with Gasteiger partial charge in [0.15, 0.2) is 11.6 Å². The molecule has 4 heteroatoms. The summed E-state index contributed by atoms with van der Waals surface area (Å²) in [4.78, 5) is 22.5. The molecule has 0 unspecified atom stereocenters. The molecule has 0 aliphatic rings. The number of carbonyl (C=O) groups excluding carboxylic acids is 2. The number of phenols is 1. The second-order valence-electron chi connectivity index (χ2n) is 6.40. The highest BCUT2D eigenvalue weighted by molar-refractivity contribution is 5.96. The van der Waals surface area contributed by atoms with E-state index in [1.807, 2.05) is 68.4 Å². The van der Waals surface area contributed by atoms with Crippen LogP contribution in [0.3, 0.4) is 0 Å². The van der Waals surface area contributed by atoms with Gasteiger partial charge in [-0.25, -0.2) is 0 Å². The van der Waals surface area contributed by atoms with Crippen LogP contribution in [0.5, 0.6) is 11.5 Å². The van der Waals surface area contributed by atoms with Crippen LogP contribution in [-0.2, 0) is 6.61 Å². The molecule has 158 valence electrons. The summed E-state index contributed by atoms with van der Waals surface area (Å²) in [5, 5.41) is 8.90. The monoisotopic (exact) mass is 406 g/mol. The zero-order valence-corrected chi connectivity index (χ0v) is 16.8. The van der Waals surface area contributed by atoms with E-state index in [0.29, 0.717) is 25.0 Å². The van der Waals surface area contributed by atoms with E-state index in [2.05, 4.69) is 0 Å². The Bertz CT molecular complexity index is 898. The molecule has 3 aromatic carbocycles. The van der Waals surface area contributed by atoms with Crippen molar-refractivity contribution in [3.63, 3.8) is 0 Å². The largest absolute Gasteiger partial charge is 0.508 e. The van der Waals surface area contributed by atoms with Gasteiger partial charge in [-0.05, 0) is 54.1 Å². The quantitative estimate of drug-likeness (QED) is 0.456. The van der Waals surface area contributed by atoms with E-state index in [0.717, 1.165) is 16.9 Å². The summed E-state index contributed by atoms with van der Waals surface area (Å²) >= 11 is 0. The molecule has 0 aliphatic heterocycles. The van der Waals surface area contributed by atoms with E-state index < -0.39 is 0 Å². The van der Waals surface area contributed by atoms with Crippen molar-refractivity contribution in [1.82, 2.24) is 0 Å². The number of hydrogen-bond donors (Lipinski definition) is 1. The van der Waals surface area contributed by atoms with Crippen molar-refractivity contribution in [2.75, 3.05) is 0 Å². The first-order valence-electron chi connectivity index (χ1n) is 9.65. The summed E-state index contributed by atoms with van der Waals surface area (Å²) in [5.74, 6) is 1.23. The molecule has 0 aliphatic carbocycles. The van der Waals surface area contributed by atoms with Crippen molar-refractivity contribution in [3.05, 3.63) is 95.6 Å². The fourth-order valence-electron chi connectivity index (χ4n) is 2.53. The lowest BCUT2D eigenvalue weighted by Gasteiger charge is -2.06. The third-order valence-corrected chi connectivity index (χ3v) is 4.26. The molecule has 0 heterocycles. The van der Waals surface area contributed by atoms with E-state index in [-0.39, 0.29) is 24.7 Å². The third kappa shape index (κ3) is 7.92. The van der Waals surface area contributed by atoms with Crippen molar-refractivity contribution in [2.45, 2.75) is 40.7 Å². The summed E-state index contributed by atoms with van der Waals surface area (Å²) in [5.41, 5.74) is 2.53. The first-order valence-corrected chi connectivity index (χ1v) is 9.65. The Labute approximate surface area is 179 Å². The van der Waals surface area contributed by atoms with Gasteiger partial charge in [-0.15, -0.1) is 0 Å².